The Balaban J connectivity index is 2.16. The molecule has 0 aliphatic carbocycles. The Hall–Kier alpha value is -2.43. The Bertz CT molecular complexity index is 618. The van der Waals surface area contributed by atoms with Crippen LogP contribution < -0.4 is 10.6 Å². The molecule has 0 aliphatic rings. The fourth-order valence-electron chi connectivity index (χ4n) is 2.14. The second kappa shape index (κ2) is 6.35. The van der Waals surface area contributed by atoms with Crippen molar-refractivity contribution < 1.29 is 8.78 Å². The average Bonchev–Trinajstić information content (AvgIpc) is 2.45. The SMILES string of the molecule is CN(CCc1ccccc1)c1c(F)cc(C(=N)N)cc1F. The first-order valence-corrected chi connectivity index (χ1v) is 6.57. The van der Waals surface area contributed by atoms with Crippen LogP contribution in [0.15, 0.2) is 42.5 Å². The molecule has 3 N–H and O–H groups in total. The molecule has 0 atom stereocenters. The maximum absolute atomic E-state index is 14.0. The van der Waals surface area contributed by atoms with Crippen molar-refractivity contribution in [1.29, 1.82) is 5.41 Å². The topological polar surface area (TPSA) is 53.1 Å². The van der Waals surface area contributed by atoms with Gasteiger partial charge in [0.2, 0.25) is 0 Å². The number of amidine groups is 1. The van der Waals surface area contributed by atoms with E-state index in [4.69, 9.17) is 11.1 Å². The number of likely N-dealkylation sites (N-methyl/N-ethyl adjacent to an activating group) is 1. The predicted octanol–water partition coefficient (Wildman–Crippen LogP) is 2.93. The van der Waals surface area contributed by atoms with Gasteiger partial charge < -0.3 is 10.6 Å². The minimum atomic E-state index is -0.712. The van der Waals surface area contributed by atoms with Crippen molar-refractivity contribution in [2.45, 2.75) is 6.42 Å². The van der Waals surface area contributed by atoms with Crippen LogP contribution in [0.25, 0.3) is 0 Å². The molecular weight excluding hydrogens is 272 g/mol. The average molecular weight is 289 g/mol. The van der Waals surface area contributed by atoms with Gasteiger partial charge in [0, 0.05) is 19.2 Å². The highest BCUT2D eigenvalue weighted by Gasteiger charge is 2.16. The second-order valence-corrected chi connectivity index (χ2v) is 4.86. The molecule has 0 saturated heterocycles. The fourth-order valence-corrected chi connectivity index (χ4v) is 2.14. The van der Waals surface area contributed by atoms with E-state index in [1.165, 1.54) is 4.90 Å². The molecule has 0 heterocycles. The Labute approximate surface area is 122 Å². The number of anilines is 1. The van der Waals surface area contributed by atoms with E-state index in [0.717, 1.165) is 17.7 Å². The molecule has 0 amide bonds. The molecule has 0 bridgehead atoms. The highest BCUT2D eigenvalue weighted by atomic mass is 19.1. The van der Waals surface area contributed by atoms with Gasteiger partial charge in [-0.3, -0.25) is 5.41 Å². The smallest absolute Gasteiger partial charge is 0.150 e. The third kappa shape index (κ3) is 3.56. The van der Waals surface area contributed by atoms with E-state index in [0.29, 0.717) is 13.0 Å². The van der Waals surface area contributed by atoms with E-state index >= 15 is 0 Å². The summed E-state index contributed by atoms with van der Waals surface area (Å²) in [5.41, 5.74) is 6.30. The molecule has 2 rings (SSSR count). The summed E-state index contributed by atoms with van der Waals surface area (Å²) in [7, 11) is 1.64. The second-order valence-electron chi connectivity index (χ2n) is 4.86. The normalized spacial score (nSPS) is 10.4. The van der Waals surface area contributed by atoms with E-state index in [2.05, 4.69) is 0 Å². The van der Waals surface area contributed by atoms with Crippen LogP contribution in [0.1, 0.15) is 11.1 Å². The van der Waals surface area contributed by atoms with Gasteiger partial charge in [0.05, 0.1) is 0 Å². The lowest BCUT2D eigenvalue weighted by molar-refractivity contribution is 0.576. The Morgan fingerprint density at radius 3 is 2.24 bits per heavy atom. The number of hydrogen-bond acceptors (Lipinski definition) is 2. The first-order valence-electron chi connectivity index (χ1n) is 6.57. The monoisotopic (exact) mass is 289 g/mol. The van der Waals surface area contributed by atoms with Gasteiger partial charge in [0.15, 0.2) is 0 Å². The molecule has 2 aromatic rings. The molecule has 0 aromatic heterocycles. The predicted molar refractivity (Wildman–Crippen MR) is 80.8 cm³/mol. The number of nitrogens with zero attached hydrogens (tertiary/aromatic N) is 1. The molecule has 0 spiro atoms. The van der Waals surface area contributed by atoms with Gasteiger partial charge in [-0.05, 0) is 24.1 Å². The van der Waals surface area contributed by atoms with Crippen molar-refractivity contribution in [1.82, 2.24) is 0 Å². The van der Waals surface area contributed by atoms with Crippen molar-refractivity contribution in [3.05, 3.63) is 65.2 Å². The largest absolute Gasteiger partial charge is 0.384 e. The molecule has 0 aliphatic heterocycles. The Morgan fingerprint density at radius 1 is 1.14 bits per heavy atom. The summed E-state index contributed by atoms with van der Waals surface area (Å²) in [6.07, 6.45) is 0.685. The summed E-state index contributed by atoms with van der Waals surface area (Å²) in [4.78, 5) is 1.53. The fraction of sp³-hybridized carbons (Fsp3) is 0.188. The van der Waals surface area contributed by atoms with Crippen LogP contribution in [0.3, 0.4) is 0 Å². The standard InChI is InChI=1S/C16H17F2N3/c1-21(8-7-11-5-3-2-4-6-11)15-13(17)9-12(16(19)20)10-14(15)18/h2-6,9-10H,7-8H2,1H3,(H3,19,20). The lowest BCUT2D eigenvalue weighted by Gasteiger charge is -2.21. The molecule has 0 unspecified atom stereocenters. The van der Waals surface area contributed by atoms with Crippen molar-refractivity contribution in [3.63, 3.8) is 0 Å². The summed E-state index contributed by atoms with van der Waals surface area (Å²) in [5, 5.41) is 7.23. The van der Waals surface area contributed by atoms with Crippen LogP contribution in [0.5, 0.6) is 0 Å². The van der Waals surface area contributed by atoms with E-state index in [-0.39, 0.29) is 17.1 Å². The number of benzene rings is 2. The van der Waals surface area contributed by atoms with Crippen LogP contribution in [-0.4, -0.2) is 19.4 Å². The van der Waals surface area contributed by atoms with Crippen LogP contribution in [0, 0.1) is 17.0 Å². The lowest BCUT2D eigenvalue weighted by Crippen LogP contribution is -2.23. The van der Waals surface area contributed by atoms with Crippen LogP contribution in [-0.2, 0) is 6.42 Å². The number of hydrogen-bond donors (Lipinski definition) is 2. The lowest BCUT2D eigenvalue weighted by atomic mass is 10.1. The molecule has 0 fully saturated rings. The summed E-state index contributed by atoms with van der Waals surface area (Å²) >= 11 is 0. The van der Waals surface area contributed by atoms with Gasteiger partial charge in [0.1, 0.15) is 23.2 Å². The zero-order valence-electron chi connectivity index (χ0n) is 11.7. The van der Waals surface area contributed by atoms with Crippen LogP contribution in [0.4, 0.5) is 14.5 Å². The van der Waals surface area contributed by atoms with Crippen molar-refractivity contribution >= 4 is 11.5 Å². The third-order valence-electron chi connectivity index (χ3n) is 3.29. The molecule has 21 heavy (non-hydrogen) atoms. The van der Waals surface area contributed by atoms with Crippen LogP contribution >= 0.6 is 0 Å². The highest BCUT2D eigenvalue weighted by molar-refractivity contribution is 5.95. The van der Waals surface area contributed by atoms with Crippen molar-refractivity contribution in [2.75, 3.05) is 18.5 Å². The van der Waals surface area contributed by atoms with Crippen molar-refractivity contribution in [2.24, 2.45) is 5.73 Å². The van der Waals surface area contributed by atoms with Gasteiger partial charge in [-0.1, -0.05) is 30.3 Å². The zero-order chi connectivity index (χ0) is 15.4. The van der Waals surface area contributed by atoms with Gasteiger partial charge in [-0.25, -0.2) is 8.78 Å². The Morgan fingerprint density at radius 2 is 1.71 bits per heavy atom. The summed E-state index contributed by atoms with van der Waals surface area (Å²) in [6.45, 7) is 0.483. The van der Waals surface area contributed by atoms with Gasteiger partial charge in [-0.2, -0.15) is 0 Å². The highest BCUT2D eigenvalue weighted by Crippen LogP contribution is 2.24. The van der Waals surface area contributed by atoms with E-state index in [9.17, 15) is 8.78 Å². The maximum atomic E-state index is 14.0. The number of nitrogens with two attached hydrogens (primary N) is 1. The van der Waals surface area contributed by atoms with E-state index in [1.54, 1.807) is 7.05 Å². The van der Waals surface area contributed by atoms with Gasteiger partial charge in [0.25, 0.3) is 0 Å². The summed E-state index contributed by atoms with van der Waals surface area (Å²) in [6, 6.07) is 11.9. The zero-order valence-corrected chi connectivity index (χ0v) is 11.7. The number of halogens is 2. The number of nitrogens with one attached hydrogen (secondary N) is 1. The molecule has 0 saturated carbocycles. The molecule has 2 aromatic carbocycles. The third-order valence-corrected chi connectivity index (χ3v) is 3.29. The van der Waals surface area contributed by atoms with Crippen LogP contribution in [0.2, 0.25) is 0 Å². The minimum Gasteiger partial charge on any atom is -0.384 e. The number of rotatable bonds is 5. The first kappa shape index (κ1) is 15.0. The van der Waals surface area contributed by atoms with E-state index < -0.39 is 11.6 Å². The molecule has 0 radical (unpaired) electrons. The molecule has 5 heteroatoms. The van der Waals surface area contributed by atoms with Gasteiger partial charge in [-0.15, -0.1) is 0 Å². The van der Waals surface area contributed by atoms with Gasteiger partial charge >= 0.3 is 0 Å². The molecular formula is C16H17F2N3. The first-order chi connectivity index (χ1) is 9.99. The van der Waals surface area contributed by atoms with E-state index in [1.807, 2.05) is 30.3 Å². The summed E-state index contributed by atoms with van der Waals surface area (Å²) in [5.74, 6) is -1.78. The number of nitrogen functional groups attached to an aromatic ring is 1. The summed E-state index contributed by atoms with van der Waals surface area (Å²) < 4.78 is 28.0. The van der Waals surface area contributed by atoms with Crippen molar-refractivity contribution in [3.8, 4) is 0 Å². The maximum Gasteiger partial charge on any atom is 0.150 e. The Kier molecular flexibility index (Phi) is 4.52. The quantitative estimate of drug-likeness (QED) is 0.657. The molecule has 3 nitrogen and oxygen atoms in total. The molecule has 110 valence electrons. The minimum absolute atomic E-state index is 0.0465.